The van der Waals surface area contributed by atoms with Gasteiger partial charge in [-0.25, -0.2) is 4.79 Å². The molecule has 0 radical (unpaired) electrons. The van der Waals surface area contributed by atoms with Crippen molar-refractivity contribution in [2.24, 2.45) is 0 Å². The number of carbonyl (C=O) groups is 1. The largest absolute Gasteiger partial charge is 0.497 e. The molecule has 0 amide bonds. The Hall–Kier alpha value is -4.01. The fourth-order valence-corrected chi connectivity index (χ4v) is 2.91. The number of methoxy groups -OCH3 is 1. The average Bonchev–Trinajstić information content (AvgIpc) is 2.71. The van der Waals surface area contributed by atoms with Crippen LogP contribution in [0.1, 0.15) is 21.5 Å². The zero-order valence-electron chi connectivity index (χ0n) is 15.6. The number of benzene rings is 3. The highest BCUT2D eigenvalue weighted by Gasteiger charge is 2.25. The summed E-state index contributed by atoms with van der Waals surface area (Å²) in [5.74, 6) is -0.149. The number of esters is 1. The third-order valence-corrected chi connectivity index (χ3v) is 4.47. The van der Waals surface area contributed by atoms with Gasteiger partial charge < -0.3 is 9.47 Å². The van der Waals surface area contributed by atoms with Crippen LogP contribution in [-0.2, 0) is 11.3 Å². The van der Waals surface area contributed by atoms with Crippen molar-refractivity contribution in [2.45, 2.75) is 13.5 Å². The maximum Gasteiger partial charge on any atom is 0.339 e. The predicted octanol–water partition coefficient (Wildman–Crippen LogP) is 4.33. The molecule has 29 heavy (non-hydrogen) atoms. The molecule has 0 aliphatic rings. The van der Waals surface area contributed by atoms with Crippen LogP contribution in [-0.4, -0.2) is 22.9 Å². The summed E-state index contributed by atoms with van der Waals surface area (Å²) in [5.41, 5.74) is -0.555. The summed E-state index contributed by atoms with van der Waals surface area (Å²) in [6.07, 6.45) is 0. The van der Waals surface area contributed by atoms with Crippen LogP contribution in [0.3, 0.4) is 0 Å². The second-order valence-electron chi connectivity index (χ2n) is 6.28. The van der Waals surface area contributed by atoms with Crippen LogP contribution in [0.2, 0.25) is 0 Å². The zero-order chi connectivity index (χ0) is 21.1. The van der Waals surface area contributed by atoms with Gasteiger partial charge in [-0.05, 0) is 41.5 Å². The van der Waals surface area contributed by atoms with Crippen LogP contribution >= 0.6 is 0 Å². The number of nitrogens with zero attached hydrogens (tertiary/aromatic N) is 2. The molecule has 0 fully saturated rings. The highest BCUT2D eigenvalue weighted by Crippen LogP contribution is 2.29. The molecule has 3 aromatic rings. The Morgan fingerprint density at radius 2 is 1.66 bits per heavy atom. The predicted molar refractivity (Wildman–Crippen MR) is 104 cm³/mol. The Morgan fingerprint density at radius 1 is 0.966 bits per heavy atom. The van der Waals surface area contributed by atoms with Crippen LogP contribution in [0.5, 0.6) is 5.75 Å². The van der Waals surface area contributed by atoms with Crippen LogP contribution in [0.25, 0.3) is 10.8 Å². The zero-order valence-corrected chi connectivity index (χ0v) is 15.6. The quantitative estimate of drug-likeness (QED) is 0.345. The van der Waals surface area contributed by atoms with E-state index in [1.807, 2.05) is 30.3 Å². The van der Waals surface area contributed by atoms with E-state index in [0.717, 1.165) is 28.7 Å². The van der Waals surface area contributed by atoms with E-state index in [-0.39, 0.29) is 17.7 Å². The van der Waals surface area contributed by atoms with E-state index < -0.39 is 27.2 Å². The lowest BCUT2D eigenvalue weighted by atomic mass is 10.1. The molecule has 0 saturated heterocycles. The summed E-state index contributed by atoms with van der Waals surface area (Å²) in [6.45, 7) is 1.26. The molecule has 0 heterocycles. The fraction of sp³-hybridized carbons (Fsp3) is 0.150. The summed E-state index contributed by atoms with van der Waals surface area (Å²) in [6, 6.07) is 12.8. The summed E-state index contributed by atoms with van der Waals surface area (Å²) in [5, 5.41) is 24.0. The van der Waals surface area contributed by atoms with Gasteiger partial charge in [0.05, 0.1) is 28.6 Å². The first-order valence-electron chi connectivity index (χ1n) is 8.47. The van der Waals surface area contributed by atoms with E-state index >= 15 is 0 Å². The van der Waals surface area contributed by atoms with Crippen molar-refractivity contribution >= 4 is 28.1 Å². The number of ether oxygens (including phenoxy) is 2. The van der Waals surface area contributed by atoms with Gasteiger partial charge in [0.2, 0.25) is 0 Å². The monoisotopic (exact) mass is 396 g/mol. The number of nitro benzene ring substituents is 2. The van der Waals surface area contributed by atoms with Gasteiger partial charge in [-0.1, -0.05) is 18.2 Å². The number of carbonyl (C=O) groups excluding carboxylic acids is 1. The molecule has 9 nitrogen and oxygen atoms in total. The molecular weight excluding hydrogens is 380 g/mol. The number of non-ortho nitro benzene ring substituents is 1. The number of rotatable bonds is 6. The summed E-state index contributed by atoms with van der Waals surface area (Å²) in [7, 11) is 1.58. The molecule has 0 aliphatic heterocycles. The molecule has 0 aliphatic carbocycles. The Balaban J connectivity index is 1.84. The Bertz CT molecular complexity index is 1140. The van der Waals surface area contributed by atoms with E-state index in [9.17, 15) is 25.0 Å². The number of hydrogen-bond acceptors (Lipinski definition) is 7. The molecule has 0 bridgehead atoms. The van der Waals surface area contributed by atoms with Gasteiger partial charge in [0.25, 0.3) is 11.4 Å². The molecule has 0 atom stereocenters. The van der Waals surface area contributed by atoms with Crippen molar-refractivity contribution in [3.05, 3.63) is 85.4 Å². The molecule has 0 spiro atoms. The fourth-order valence-electron chi connectivity index (χ4n) is 2.91. The van der Waals surface area contributed by atoms with Crippen molar-refractivity contribution < 1.29 is 24.1 Å². The highest BCUT2D eigenvalue weighted by atomic mass is 16.6. The lowest BCUT2D eigenvalue weighted by molar-refractivity contribution is -0.394. The van der Waals surface area contributed by atoms with Crippen molar-refractivity contribution in [2.75, 3.05) is 7.11 Å². The minimum Gasteiger partial charge on any atom is -0.497 e. The maximum absolute atomic E-state index is 12.5. The Kier molecular flexibility index (Phi) is 5.40. The van der Waals surface area contributed by atoms with Crippen molar-refractivity contribution in [3.8, 4) is 5.75 Å². The molecule has 0 saturated carbocycles. The van der Waals surface area contributed by atoms with Gasteiger partial charge in [0.15, 0.2) is 0 Å². The number of fused-ring (bicyclic) bond motifs is 1. The molecule has 0 aromatic heterocycles. The number of hydrogen-bond donors (Lipinski definition) is 0. The van der Waals surface area contributed by atoms with Crippen LogP contribution in [0, 0.1) is 27.2 Å². The first-order valence-corrected chi connectivity index (χ1v) is 8.47. The minimum absolute atomic E-state index is 0.0104. The maximum atomic E-state index is 12.5. The van der Waals surface area contributed by atoms with Gasteiger partial charge in [-0.3, -0.25) is 20.2 Å². The van der Waals surface area contributed by atoms with Gasteiger partial charge in [-0.2, -0.15) is 0 Å². The lowest BCUT2D eigenvalue weighted by Crippen LogP contribution is -2.09. The normalized spacial score (nSPS) is 10.6. The van der Waals surface area contributed by atoms with E-state index in [1.54, 1.807) is 13.2 Å². The van der Waals surface area contributed by atoms with Gasteiger partial charge in [-0.15, -0.1) is 0 Å². The van der Waals surface area contributed by atoms with E-state index in [4.69, 9.17) is 9.47 Å². The molecule has 3 rings (SSSR count). The van der Waals surface area contributed by atoms with Gasteiger partial charge in [0.1, 0.15) is 12.4 Å². The Morgan fingerprint density at radius 3 is 2.31 bits per heavy atom. The van der Waals surface area contributed by atoms with Gasteiger partial charge in [0, 0.05) is 11.6 Å². The highest BCUT2D eigenvalue weighted by molar-refractivity contribution is 5.93. The molecule has 9 heteroatoms. The summed E-state index contributed by atoms with van der Waals surface area (Å²) >= 11 is 0. The second kappa shape index (κ2) is 7.93. The molecule has 148 valence electrons. The Labute approximate surface area is 164 Å². The molecule has 3 aromatic carbocycles. The van der Waals surface area contributed by atoms with E-state index in [0.29, 0.717) is 5.56 Å². The molecular formula is C20H16N2O7. The minimum atomic E-state index is -0.871. The van der Waals surface area contributed by atoms with Crippen molar-refractivity contribution in [1.82, 2.24) is 0 Å². The van der Waals surface area contributed by atoms with E-state index in [2.05, 4.69) is 0 Å². The first kappa shape index (κ1) is 19.7. The van der Waals surface area contributed by atoms with Crippen LogP contribution < -0.4 is 4.74 Å². The molecule has 0 unspecified atom stereocenters. The third kappa shape index (κ3) is 4.13. The summed E-state index contributed by atoms with van der Waals surface area (Å²) < 4.78 is 10.4. The van der Waals surface area contributed by atoms with E-state index in [1.165, 1.54) is 6.92 Å². The number of nitro groups is 2. The summed E-state index contributed by atoms with van der Waals surface area (Å²) in [4.78, 5) is 33.1. The van der Waals surface area contributed by atoms with Crippen molar-refractivity contribution in [3.63, 3.8) is 0 Å². The third-order valence-electron chi connectivity index (χ3n) is 4.47. The average molecular weight is 396 g/mol. The van der Waals surface area contributed by atoms with Crippen LogP contribution in [0.4, 0.5) is 11.4 Å². The second-order valence-corrected chi connectivity index (χ2v) is 6.28. The SMILES string of the molecule is COc1ccc2cc(COC(=O)c3cc([N+](=O)[O-])cc([N+](=O)[O-])c3C)ccc2c1. The topological polar surface area (TPSA) is 122 Å². The standard InChI is InChI=1S/C20H16N2O7/c1-12-18(9-16(21(24)25)10-19(12)22(26)27)20(23)29-11-13-3-4-15-8-17(28-2)6-5-14(15)7-13/h3-10H,11H2,1-2H3. The van der Waals surface area contributed by atoms with Crippen molar-refractivity contribution in [1.29, 1.82) is 0 Å². The van der Waals surface area contributed by atoms with Crippen LogP contribution in [0.15, 0.2) is 48.5 Å². The first-order chi connectivity index (χ1) is 13.8. The molecule has 0 N–H and O–H groups in total. The lowest BCUT2D eigenvalue weighted by Gasteiger charge is -2.09. The smallest absolute Gasteiger partial charge is 0.339 e. The van der Waals surface area contributed by atoms with Gasteiger partial charge >= 0.3 is 5.97 Å².